The van der Waals surface area contributed by atoms with E-state index >= 15 is 4.39 Å². The predicted octanol–water partition coefficient (Wildman–Crippen LogP) is 4.23. The van der Waals surface area contributed by atoms with E-state index in [0.717, 1.165) is 36.1 Å². The van der Waals surface area contributed by atoms with E-state index in [1.54, 1.807) is 17.2 Å². The Morgan fingerprint density at radius 2 is 1.91 bits per heavy atom. The van der Waals surface area contributed by atoms with Gasteiger partial charge in [0.1, 0.15) is 11.6 Å². The molecule has 6 nitrogen and oxygen atoms in total. The van der Waals surface area contributed by atoms with E-state index in [4.69, 9.17) is 5.73 Å². The van der Waals surface area contributed by atoms with Gasteiger partial charge in [-0.05, 0) is 60.6 Å². The summed E-state index contributed by atoms with van der Waals surface area (Å²) >= 11 is 0. The number of piperidine rings is 2. The number of halogens is 2. The summed E-state index contributed by atoms with van der Waals surface area (Å²) in [6.45, 7) is 4.84. The first-order chi connectivity index (χ1) is 16.4. The SMILES string of the molecule is CC/C=C(/c1ccc(F)cn1)C1CCN(C(=O)C2(F)CCN(Cc3ccnc(N)c3)CC2)CC1. The van der Waals surface area contributed by atoms with Gasteiger partial charge < -0.3 is 10.6 Å². The van der Waals surface area contributed by atoms with Gasteiger partial charge in [-0.1, -0.05) is 13.0 Å². The third-order valence-electron chi connectivity index (χ3n) is 6.95. The minimum atomic E-state index is -1.80. The molecule has 34 heavy (non-hydrogen) atoms. The molecule has 0 aliphatic carbocycles. The van der Waals surface area contributed by atoms with Crippen LogP contribution in [0.15, 0.2) is 42.7 Å². The fourth-order valence-electron chi connectivity index (χ4n) is 5.05. The Morgan fingerprint density at radius 3 is 2.53 bits per heavy atom. The van der Waals surface area contributed by atoms with Crippen LogP contribution in [-0.4, -0.2) is 57.5 Å². The average Bonchev–Trinajstić information content (AvgIpc) is 2.84. The van der Waals surface area contributed by atoms with Crippen LogP contribution >= 0.6 is 0 Å². The molecule has 0 aromatic carbocycles. The predicted molar refractivity (Wildman–Crippen MR) is 129 cm³/mol. The van der Waals surface area contributed by atoms with Crippen molar-refractivity contribution in [2.75, 3.05) is 31.9 Å². The Hall–Kier alpha value is -2.87. The molecule has 0 spiro atoms. The van der Waals surface area contributed by atoms with Crippen LogP contribution < -0.4 is 5.73 Å². The molecular formula is C26H33F2N5O. The number of likely N-dealkylation sites (tertiary alicyclic amines) is 2. The maximum absolute atomic E-state index is 15.7. The first-order valence-electron chi connectivity index (χ1n) is 12.1. The molecule has 0 saturated carbocycles. The number of allylic oxidation sites excluding steroid dienone is 2. The maximum atomic E-state index is 15.7. The van der Waals surface area contributed by atoms with Gasteiger partial charge in [0.2, 0.25) is 0 Å². The number of aromatic nitrogens is 2. The molecule has 0 atom stereocenters. The zero-order chi connectivity index (χ0) is 24.1. The molecule has 4 heterocycles. The Labute approximate surface area is 199 Å². The fraction of sp³-hybridized carbons (Fsp3) is 0.500. The van der Waals surface area contributed by atoms with Gasteiger partial charge in [0, 0.05) is 51.8 Å². The third kappa shape index (κ3) is 5.60. The lowest BCUT2D eigenvalue weighted by Crippen LogP contribution is -2.53. The summed E-state index contributed by atoms with van der Waals surface area (Å²) < 4.78 is 29.0. The lowest BCUT2D eigenvalue weighted by molar-refractivity contribution is -0.148. The van der Waals surface area contributed by atoms with Crippen molar-refractivity contribution < 1.29 is 13.6 Å². The van der Waals surface area contributed by atoms with Gasteiger partial charge in [-0.2, -0.15) is 0 Å². The van der Waals surface area contributed by atoms with Crippen LogP contribution in [0.2, 0.25) is 0 Å². The molecule has 8 heteroatoms. The molecule has 0 bridgehead atoms. The molecule has 0 unspecified atom stereocenters. The largest absolute Gasteiger partial charge is 0.384 e. The van der Waals surface area contributed by atoms with Gasteiger partial charge >= 0.3 is 0 Å². The number of hydrogen-bond donors (Lipinski definition) is 1. The van der Waals surface area contributed by atoms with E-state index in [1.807, 2.05) is 12.1 Å². The second-order valence-corrected chi connectivity index (χ2v) is 9.33. The number of amides is 1. The maximum Gasteiger partial charge on any atom is 0.260 e. The summed E-state index contributed by atoms with van der Waals surface area (Å²) in [7, 11) is 0. The lowest BCUT2D eigenvalue weighted by Gasteiger charge is -2.40. The lowest BCUT2D eigenvalue weighted by atomic mass is 9.85. The van der Waals surface area contributed by atoms with Gasteiger partial charge in [0.25, 0.3) is 5.91 Å². The summed E-state index contributed by atoms with van der Waals surface area (Å²) in [6.07, 6.45) is 7.80. The molecule has 1 amide bonds. The molecule has 2 aliphatic rings. The van der Waals surface area contributed by atoms with Crippen molar-refractivity contribution in [2.24, 2.45) is 5.92 Å². The second-order valence-electron chi connectivity index (χ2n) is 9.33. The van der Waals surface area contributed by atoms with Crippen LogP contribution in [0.4, 0.5) is 14.6 Å². The average molecular weight is 470 g/mol. The van der Waals surface area contributed by atoms with Crippen LogP contribution in [0.1, 0.15) is 50.3 Å². The summed E-state index contributed by atoms with van der Waals surface area (Å²) in [6, 6.07) is 6.87. The highest BCUT2D eigenvalue weighted by molar-refractivity contribution is 5.85. The van der Waals surface area contributed by atoms with E-state index in [1.165, 1.54) is 12.3 Å². The molecule has 4 rings (SSSR count). The van der Waals surface area contributed by atoms with Crippen molar-refractivity contribution in [1.29, 1.82) is 0 Å². The minimum absolute atomic E-state index is 0.201. The normalized spacial score (nSPS) is 19.9. The van der Waals surface area contributed by atoms with E-state index in [0.29, 0.717) is 38.5 Å². The van der Waals surface area contributed by atoms with Crippen molar-refractivity contribution in [3.05, 3.63) is 59.8 Å². The van der Waals surface area contributed by atoms with Crippen LogP contribution in [0, 0.1) is 11.7 Å². The quantitative estimate of drug-likeness (QED) is 0.685. The van der Waals surface area contributed by atoms with E-state index in [-0.39, 0.29) is 30.5 Å². The zero-order valence-electron chi connectivity index (χ0n) is 19.7. The molecule has 2 N–H and O–H groups in total. The molecule has 2 fully saturated rings. The first kappa shape index (κ1) is 24.3. The van der Waals surface area contributed by atoms with Crippen molar-refractivity contribution >= 4 is 17.3 Å². The Bertz CT molecular complexity index is 1010. The fourth-order valence-corrected chi connectivity index (χ4v) is 5.05. The number of rotatable bonds is 6. The number of alkyl halides is 1. The van der Waals surface area contributed by atoms with Crippen molar-refractivity contribution in [3.63, 3.8) is 0 Å². The van der Waals surface area contributed by atoms with E-state index in [2.05, 4.69) is 27.9 Å². The van der Waals surface area contributed by atoms with Crippen LogP contribution in [0.25, 0.3) is 5.57 Å². The number of nitrogens with zero attached hydrogens (tertiary/aromatic N) is 4. The van der Waals surface area contributed by atoms with Crippen molar-refractivity contribution in [1.82, 2.24) is 19.8 Å². The van der Waals surface area contributed by atoms with Gasteiger partial charge in [-0.15, -0.1) is 0 Å². The monoisotopic (exact) mass is 469 g/mol. The second kappa shape index (κ2) is 10.6. The Morgan fingerprint density at radius 1 is 1.18 bits per heavy atom. The number of nitrogen functional groups attached to an aromatic ring is 1. The highest BCUT2D eigenvalue weighted by atomic mass is 19.1. The third-order valence-corrected chi connectivity index (χ3v) is 6.95. The number of pyridine rings is 2. The van der Waals surface area contributed by atoms with Crippen molar-refractivity contribution in [3.8, 4) is 0 Å². The number of carbonyl (C=O) groups is 1. The van der Waals surface area contributed by atoms with Crippen LogP contribution in [0.3, 0.4) is 0 Å². The Kier molecular flexibility index (Phi) is 7.56. The van der Waals surface area contributed by atoms with Gasteiger partial charge in [-0.25, -0.2) is 13.8 Å². The first-order valence-corrected chi connectivity index (χ1v) is 12.1. The number of anilines is 1. The van der Waals surface area contributed by atoms with E-state index < -0.39 is 5.67 Å². The highest BCUT2D eigenvalue weighted by Gasteiger charge is 2.44. The topological polar surface area (TPSA) is 75.4 Å². The van der Waals surface area contributed by atoms with Gasteiger partial charge in [0.05, 0.1) is 11.9 Å². The molecule has 2 aliphatic heterocycles. The number of hydrogen-bond acceptors (Lipinski definition) is 5. The van der Waals surface area contributed by atoms with E-state index in [9.17, 15) is 9.18 Å². The molecule has 2 saturated heterocycles. The van der Waals surface area contributed by atoms with Gasteiger partial charge in [0.15, 0.2) is 5.67 Å². The highest BCUT2D eigenvalue weighted by Crippen LogP contribution is 2.35. The standard InChI is InChI=1S/C26H33F2N5O/c1-2-3-22(23-5-4-21(27)17-31-23)20-7-12-33(13-8-20)25(34)26(28)9-14-32(15-10-26)18-19-6-11-30-24(29)16-19/h3-6,11,16-17,20H,2,7-10,12-15,18H2,1H3,(H2,29,30)/b22-3+. The van der Waals surface area contributed by atoms with Crippen LogP contribution in [0.5, 0.6) is 0 Å². The van der Waals surface area contributed by atoms with Crippen LogP contribution in [-0.2, 0) is 11.3 Å². The Balaban J connectivity index is 1.32. The molecule has 182 valence electrons. The van der Waals surface area contributed by atoms with Gasteiger partial charge in [-0.3, -0.25) is 14.7 Å². The zero-order valence-corrected chi connectivity index (χ0v) is 19.7. The number of nitrogens with two attached hydrogens (primary N) is 1. The summed E-state index contributed by atoms with van der Waals surface area (Å²) in [5.74, 6) is -0.0314. The smallest absolute Gasteiger partial charge is 0.260 e. The molecule has 0 radical (unpaired) electrons. The summed E-state index contributed by atoms with van der Waals surface area (Å²) in [4.78, 5) is 25.2. The summed E-state index contributed by atoms with van der Waals surface area (Å²) in [5.41, 5.74) is 6.86. The summed E-state index contributed by atoms with van der Waals surface area (Å²) in [5, 5.41) is 0. The minimum Gasteiger partial charge on any atom is -0.384 e. The number of carbonyl (C=O) groups excluding carboxylic acids is 1. The molecule has 2 aromatic heterocycles. The molecule has 2 aromatic rings. The molecular weight excluding hydrogens is 436 g/mol. The van der Waals surface area contributed by atoms with Crippen molar-refractivity contribution in [2.45, 2.75) is 51.2 Å².